The van der Waals surface area contributed by atoms with Crippen LogP contribution >= 0.6 is 0 Å². The molecule has 0 fully saturated rings. The number of nitrogens with zero attached hydrogens (tertiary/aromatic N) is 3. The molecule has 4 aromatic carbocycles. The zero-order valence-corrected chi connectivity index (χ0v) is 22.0. The average Bonchev–Trinajstić information content (AvgIpc) is 3.20. The summed E-state index contributed by atoms with van der Waals surface area (Å²) < 4.78 is 2.27. The average molecular weight is 502 g/mol. The number of rotatable bonds is 2. The van der Waals surface area contributed by atoms with Gasteiger partial charge in [0.1, 0.15) is 0 Å². The molecule has 0 spiro atoms. The smallest absolute Gasteiger partial charge is 0.235 e. The second kappa shape index (κ2) is 8.37. The normalized spacial score (nSPS) is 15.9. The summed E-state index contributed by atoms with van der Waals surface area (Å²) in [7, 11) is 0. The fourth-order valence-electron chi connectivity index (χ4n) is 6.70. The number of fused-ring (bicyclic) bond motifs is 5. The number of benzene rings is 4. The van der Waals surface area contributed by atoms with Gasteiger partial charge in [-0.05, 0) is 59.2 Å². The van der Waals surface area contributed by atoms with Crippen molar-refractivity contribution in [3.05, 3.63) is 126 Å². The Morgan fingerprint density at radius 3 is 2.36 bits per heavy atom. The third kappa shape index (κ3) is 3.17. The fraction of sp³-hybridized carbons (Fsp3) is 0.111. The molecule has 2 heterocycles. The number of hydrogen-bond acceptors (Lipinski definition) is 2. The van der Waals surface area contributed by atoms with Gasteiger partial charge in [0.15, 0.2) is 0 Å². The molecule has 0 radical (unpaired) electrons. The standard InChI is InChI=1S/C36H27N3/c1-22-12-10-18-26-28-19-11-21-31-34(28)33(27-16-7-6-15-25(27)32(22)26)23(2)39(31)36-37-30-20-9-8-17-29(30)35(38-36)24-13-4-3-5-14-24/h3-11,13-22H,12H2,1-2H3. The quantitative estimate of drug-likeness (QED) is 0.237. The van der Waals surface area contributed by atoms with E-state index in [1.54, 1.807) is 0 Å². The van der Waals surface area contributed by atoms with Gasteiger partial charge in [0.05, 0.1) is 16.7 Å². The molecule has 8 rings (SSSR count). The van der Waals surface area contributed by atoms with Crippen LogP contribution in [0.1, 0.15) is 30.2 Å². The molecule has 3 nitrogen and oxygen atoms in total. The van der Waals surface area contributed by atoms with E-state index in [2.05, 4.69) is 122 Å². The highest BCUT2D eigenvalue weighted by atomic mass is 15.2. The summed E-state index contributed by atoms with van der Waals surface area (Å²) in [6.45, 7) is 4.58. The van der Waals surface area contributed by atoms with E-state index in [4.69, 9.17) is 9.97 Å². The molecule has 1 unspecified atom stereocenters. The van der Waals surface area contributed by atoms with Crippen molar-refractivity contribution in [2.75, 3.05) is 0 Å². The zero-order chi connectivity index (χ0) is 26.1. The third-order valence-corrected chi connectivity index (χ3v) is 8.40. The maximum Gasteiger partial charge on any atom is 0.235 e. The Bertz CT molecular complexity index is 2010. The summed E-state index contributed by atoms with van der Waals surface area (Å²) in [5.41, 5.74) is 13.3. The third-order valence-electron chi connectivity index (χ3n) is 8.40. The minimum Gasteiger partial charge on any atom is -0.282 e. The van der Waals surface area contributed by atoms with E-state index >= 15 is 0 Å². The topological polar surface area (TPSA) is 30.7 Å². The van der Waals surface area contributed by atoms with Crippen LogP contribution in [0.2, 0.25) is 0 Å². The van der Waals surface area contributed by atoms with Crippen LogP contribution in [0, 0.1) is 12.8 Å². The molecule has 2 aromatic heterocycles. The van der Waals surface area contributed by atoms with E-state index in [0.717, 1.165) is 39.8 Å². The summed E-state index contributed by atoms with van der Waals surface area (Å²) in [6, 6.07) is 34.4. The summed E-state index contributed by atoms with van der Waals surface area (Å²) in [5, 5.41) is 2.34. The van der Waals surface area contributed by atoms with Crippen LogP contribution in [0.5, 0.6) is 0 Å². The van der Waals surface area contributed by atoms with Gasteiger partial charge < -0.3 is 0 Å². The van der Waals surface area contributed by atoms with Gasteiger partial charge in [0, 0.05) is 27.6 Å². The molecule has 0 bridgehead atoms. The van der Waals surface area contributed by atoms with Crippen molar-refractivity contribution in [1.82, 2.24) is 14.5 Å². The van der Waals surface area contributed by atoms with E-state index in [1.807, 2.05) is 6.07 Å². The molecule has 0 N–H and O–H groups in total. The van der Waals surface area contributed by atoms with Crippen molar-refractivity contribution < 1.29 is 0 Å². The number of allylic oxidation sites excluding steroid dienone is 4. The van der Waals surface area contributed by atoms with E-state index in [0.29, 0.717) is 11.9 Å². The molecule has 39 heavy (non-hydrogen) atoms. The SMILES string of the molecule is Cc1c2c3c(cccc3n1-c1nc(-c3ccccc3)c3ccccc3n1)C1=C(c3ccccc3-2)C(C)CC=C1. The van der Waals surface area contributed by atoms with Crippen LogP contribution in [0.4, 0.5) is 0 Å². The predicted molar refractivity (Wildman–Crippen MR) is 162 cm³/mol. The Balaban J connectivity index is 1.50. The van der Waals surface area contributed by atoms with Gasteiger partial charge in [-0.2, -0.15) is 0 Å². The first-order chi connectivity index (χ1) is 19.2. The van der Waals surface area contributed by atoms with E-state index in [9.17, 15) is 0 Å². The highest BCUT2D eigenvalue weighted by Gasteiger charge is 2.30. The first-order valence-corrected chi connectivity index (χ1v) is 13.7. The van der Waals surface area contributed by atoms with Gasteiger partial charge in [0.25, 0.3) is 0 Å². The van der Waals surface area contributed by atoms with Crippen LogP contribution < -0.4 is 0 Å². The first-order valence-electron chi connectivity index (χ1n) is 13.7. The van der Waals surface area contributed by atoms with Crippen molar-refractivity contribution in [3.63, 3.8) is 0 Å². The van der Waals surface area contributed by atoms with Crippen LogP contribution in [-0.4, -0.2) is 14.5 Å². The molecule has 0 saturated carbocycles. The van der Waals surface area contributed by atoms with Crippen molar-refractivity contribution in [1.29, 1.82) is 0 Å². The molecular weight excluding hydrogens is 474 g/mol. The van der Waals surface area contributed by atoms with Gasteiger partial charge in [-0.15, -0.1) is 0 Å². The minimum absolute atomic E-state index is 0.468. The highest BCUT2D eigenvalue weighted by molar-refractivity contribution is 6.15. The molecule has 0 aliphatic heterocycles. The molecule has 0 saturated heterocycles. The van der Waals surface area contributed by atoms with Gasteiger partial charge in [-0.25, -0.2) is 9.97 Å². The summed E-state index contributed by atoms with van der Waals surface area (Å²) >= 11 is 0. The largest absolute Gasteiger partial charge is 0.282 e. The number of hydrogen-bond donors (Lipinski definition) is 0. The van der Waals surface area contributed by atoms with Gasteiger partial charge >= 0.3 is 0 Å². The Kier molecular flexibility index (Phi) is 4.78. The van der Waals surface area contributed by atoms with E-state index in [-0.39, 0.29) is 0 Å². The maximum atomic E-state index is 5.25. The maximum absolute atomic E-state index is 5.25. The van der Waals surface area contributed by atoms with Gasteiger partial charge in [-0.1, -0.05) is 104 Å². The lowest BCUT2D eigenvalue weighted by molar-refractivity contribution is 0.761. The Hall–Kier alpha value is -4.76. The monoisotopic (exact) mass is 501 g/mol. The molecule has 2 aliphatic carbocycles. The van der Waals surface area contributed by atoms with Crippen molar-refractivity contribution in [2.45, 2.75) is 20.3 Å². The second-order valence-corrected chi connectivity index (χ2v) is 10.7. The molecule has 0 amide bonds. The van der Waals surface area contributed by atoms with Crippen LogP contribution in [0.15, 0.2) is 109 Å². The van der Waals surface area contributed by atoms with Crippen LogP contribution in [0.25, 0.3) is 61.3 Å². The van der Waals surface area contributed by atoms with E-state index < -0.39 is 0 Å². The van der Waals surface area contributed by atoms with E-state index in [1.165, 1.54) is 38.8 Å². The Labute approximate surface area is 227 Å². The minimum atomic E-state index is 0.468. The molecule has 186 valence electrons. The van der Waals surface area contributed by atoms with Crippen LogP contribution in [0.3, 0.4) is 0 Å². The Morgan fingerprint density at radius 2 is 1.49 bits per heavy atom. The summed E-state index contributed by atoms with van der Waals surface area (Å²) in [4.78, 5) is 10.4. The van der Waals surface area contributed by atoms with Crippen molar-refractivity contribution in [3.8, 4) is 28.3 Å². The number of aromatic nitrogens is 3. The lowest BCUT2D eigenvalue weighted by Gasteiger charge is -2.23. The summed E-state index contributed by atoms with van der Waals surface area (Å²) in [6.07, 6.45) is 5.74. The molecule has 6 aromatic rings. The second-order valence-electron chi connectivity index (χ2n) is 10.7. The fourth-order valence-corrected chi connectivity index (χ4v) is 6.70. The molecule has 1 atom stereocenters. The first kappa shape index (κ1) is 22.2. The van der Waals surface area contributed by atoms with Gasteiger partial charge in [-0.3, -0.25) is 4.57 Å². The lowest BCUT2D eigenvalue weighted by atomic mass is 9.81. The van der Waals surface area contributed by atoms with Crippen molar-refractivity contribution in [2.24, 2.45) is 5.92 Å². The zero-order valence-electron chi connectivity index (χ0n) is 22.0. The number of para-hydroxylation sites is 1. The highest BCUT2D eigenvalue weighted by Crippen LogP contribution is 2.50. The molecular formula is C36H27N3. The molecule has 3 heteroatoms. The predicted octanol–water partition coefficient (Wildman–Crippen LogP) is 9.04. The van der Waals surface area contributed by atoms with Gasteiger partial charge in [0.2, 0.25) is 5.95 Å². The molecule has 2 aliphatic rings. The summed E-state index contributed by atoms with van der Waals surface area (Å²) in [5.74, 6) is 1.17. The lowest BCUT2D eigenvalue weighted by Crippen LogP contribution is -2.07. The van der Waals surface area contributed by atoms with Crippen LogP contribution in [-0.2, 0) is 0 Å². The Morgan fingerprint density at radius 1 is 0.744 bits per heavy atom. The van der Waals surface area contributed by atoms with Crippen molar-refractivity contribution >= 4 is 33.0 Å².